The molecule has 2 aromatic rings. The molecule has 6 heteroatoms. The van der Waals surface area contributed by atoms with Gasteiger partial charge in [0.15, 0.2) is 0 Å². The van der Waals surface area contributed by atoms with Crippen LogP contribution in [0.5, 0.6) is 5.75 Å². The van der Waals surface area contributed by atoms with Crippen molar-refractivity contribution in [2.24, 2.45) is 5.73 Å². The first-order chi connectivity index (χ1) is 12.1. The fourth-order valence-electron chi connectivity index (χ4n) is 2.42. The molecule has 0 aliphatic rings. The van der Waals surface area contributed by atoms with Crippen LogP contribution in [0.4, 0.5) is 5.69 Å². The number of nitrogens with one attached hydrogen (secondary N) is 1. The normalized spacial score (nSPS) is 11.3. The second-order valence-corrected chi connectivity index (χ2v) is 5.93. The zero-order valence-corrected chi connectivity index (χ0v) is 16.1. The Labute approximate surface area is 161 Å². The highest BCUT2D eigenvalue weighted by Gasteiger charge is 2.12. The van der Waals surface area contributed by atoms with E-state index in [1.807, 2.05) is 55.5 Å². The number of rotatable bonds is 9. The number of ether oxygens (including phenoxy) is 2. The molecule has 0 saturated carbocycles. The summed E-state index contributed by atoms with van der Waals surface area (Å²) in [6.45, 7) is 2.99. The molecule has 1 atom stereocenters. The van der Waals surface area contributed by atoms with Crippen LogP contribution in [0.15, 0.2) is 48.5 Å². The number of amides is 1. The molecule has 0 aliphatic carbocycles. The summed E-state index contributed by atoms with van der Waals surface area (Å²) in [5.41, 5.74) is 8.65. The summed E-state index contributed by atoms with van der Waals surface area (Å²) in [4.78, 5) is 12.0. The maximum absolute atomic E-state index is 12.0. The molecule has 26 heavy (non-hydrogen) atoms. The van der Waals surface area contributed by atoms with E-state index < -0.39 is 6.04 Å². The van der Waals surface area contributed by atoms with Gasteiger partial charge in [-0.15, -0.1) is 12.4 Å². The predicted molar refractivity (Wildman–Crippen MR) is 107 cm³/mol. The van der Waals surface area contributed by atoms with Gasteiger partial charge in [-0.2, -0.15) is 0 Å². The highest BCUT2D eigenvalue weighted by Crippen LogP contribution is 2.15. The third-order valence-electron chi connectivity index (χ3n) is 3.83. The monoisotopic (exact) mass is 378 g/mol. The zero-order valence-electron chi connectivity index (χ0n) is 15.2. The van der Waals surface area contributed by atoms with Crippen molar-refractivity contribution in [1.82, 2.24) is 0 Å². The van der Waals surface area contributed by atoms with Crippen LogP contribution in [0, 0.1) is 0 Å². The lowest BCUT2D eigenvalue weighted by Crippen LogP contribution is -2.35. The molecule has 2 rings (SSSR count). The van der Waals surface area contributed by atoms with Crippen molar-refractivity contribution >= 4 is 24.0 Å². The van der Waals surface area contributed by atoms with Crippen LogP contribution in [0.2, 0.25) is 0 Å². The topological polar surface area (TPSA) is 73.6 Å². The Balaban J connectivity index is 0.00000338. The first-order valence-corrected chi connectivity index (χ1v) is 8.48. The van der Waals surface area contributed by atoms with E-state index in [1.165, 1.54) is 0 Å². The van der Waals surface area contributed by atoms with Crippen molar-refractivity contribution in [1.29, 1.82) is 0 Å². The average Bonchev–Trinajstić information content (AvgIpc) is 2.63. The number of nitrogens with two attached hydrogens (primary N) is 1. The zero-order chi connectivity index (χ0) is 18.1. The summed E-state index contributed by atoms with van der Waals surface area (Å²) in [5, 5.41) is 2.85. The second-order valence-electron chi connectivity index (χ2n) is 5.93. The number of benzene rings is 2. The van der Waals surface area contributed by atoms with Gasteiger partial charge in [0.2, 0.25) is 5.91 Å². The molecule has 1 amide bonds. The number of carbonyl (C=O) groups is 1. The molecule has 0 saturated heterocycles. The third kappa shape index (κ3) is 7.04. The molecule has 0 aromatic heterocycles. The molecule has 5 nitrogen and oxygen atoms in total. The Morgan fingerprint density at radius 1 is 1.12 bits per heavy atom. The van der Waals surface area contributed by atoms with Gasteiger partial charge in [0.25, 0.3) is 0 Å². The molecule has 1 unspecified atom stereocenters. The smallest absolute Gasteiger partial charge is 0.241 e. The Hall–Kier alpha value is -2.08. The molecule has 0 radical (unpaired) electrons. The van der Waals surface area contributed by atoms with Crippen LogP contribution < -0.4 is 15.8 Å². The fraction of sp³-hybridized carbons (Fsp3) is 0.350. The van der Waals surface area contributed by atoms with Gasteiger partial charge >= 0.3 is 0 Å². The molecular formula is C20H27ClN2O3. The summed E-state index contributed by atoms with van der Waals surface area (Å²) < 4.78 is 10.9. The molecule has 0 heterocycles. The van der Waals surface area contributed by atoms with Crippen molar-refractivity contribution in [2.75, 3.05) is 12.4 Å². The van der Waals surface area contributed by atoms with Crippen LogP contribution in [0.1, 0.15) is 30.9 Å². The minimum absolute atomic E-state index is 0. The van der Waals surface area contributed by atoms with Crippen molar-refractivity contribution in [3.8, 4) is 5.75 Å². The van der Waals surface area contributed by atoms with Crippen LogP contribution >= 0.6 is 12.4 Å². The van der Waals surface area contributed by atoms with Gasteiger partial charge in [-0.25, -0.2) is 0 Å². The van der Waals surface area contributed by atoms with Crippen LogP contribution in [0.3, 0.4) is 0 Å². The lowest BCUT2D eigenvalue weighted by molar-refractivity contribution is -0.117. The molecule has 3 N–H and O–H groups in total. The Kier molecular flexibility index (Phi) is 9.73. The first-order valence-electron chi connectivity index (χ1n) is 8.48. The molecular weight excluding hydrogens is 352 g/mol. The number of hydrogen-bond acceptors (Lipinski definition) is 4. The number of halogens is 1. The van der Waals surface area contributed by atoms with Gasteiger partial charge in [0, 0.05) is 5.69 Å². The lowest BCUT2D eigenvalue weighted by atomic mass is 10.1. The molecule has 0 bridgehead atoms. The first kappa shape index (κ1) is 22.0. The summed E-state index contributed by atoms with van der Waals surface area (Å²) in [7, 11) is 1.65. The molecule has 0 aliphatic heterocycles. The number of anilines is 1. The quantitative estimate of drug-likeness (QED) is 0.694. The maximum atomic E-state index is 12.0. The SMILES string of the molecule is CCCC(N)C(=O)Nc1cccc(COCc2ccc(OC)cc2)c1.Cl. The largest absolute Gasteiger partial charge is 0.497 e. The van der Waals surface area contributed by atoms with Gasteiger partial charge in [0.05, 0.1) is 26.4 Å². The summed E-state index contributed by atoms with van der Waals surface area (Å²) >= 11 is 0. The molecule has 142 valence electrons. The lowest BCUT2D eigenvalue weighted by Gasteiger charge is -2.12. The molecule has 0 spiro atoms. The van der Waals surface area contributed by atoms with Gasteiger partial charge < -0.3 is 20.5 Å². The van der Waals surface area contributed by atoms with E-state index in [-0.39, 0.29) is 18.3 Å². The van der Waals surface area contributed by atoms with E-state index >= 15 is 0 Å². The van der Waals surface area contributed by atoms with E-state index in [4.69, 9.17) is 15.2 Å². The third-order valence-corrected chi connectivity index (χ3v) is 3.83. The summed E-state index contributed by atoms with van der Waals surface area (Å²) in [6.07, 6.45) is 1.56. The number of methoxy groups -OCH3 is 1. The van der Waals surface area contributed by atoms with E-state index in [9.17, 15) is 4.79 Å². The number of carbonyl (C=O) groups excluding carboxylic acids is 1. The Morgan fingerprint density at radius 3 is 2.46 bits per heavy atom. The van der Waals surface area contributed by atoms with Crippen LogP contribution in [0.25, 0.3) is 0 Å². The fourth-order valence-corrected chi connectivity index (χ4v) is 2.42. The van der Waals surface area contributed by atoms with Crippen LogP contribution in [-0.2, 0) is 22.7 Å². The van der Waals surface area contributed by atoms with Crippen molar-refractivity contribution in [3.05, 3.63) is 59.7 Å². The second kappa shape index (κ2) is 11.5. The maximum Gasteiger partial charge on any atom is 0.241 e. The van der Waals surface area contributed by atoms with Gasteiger partial charge in [0.1, 0.15) is 5.75 Å². The average molecular weight is 379 g/mol. The van der Waals surface area contributed by atoms with Gasteiger partial charge in [-0.1, -0.05) is 37.6 Å². The van der Waals surface area contributed by atoms with Crippen molar-refractivity contribution in [2.45, 2.75) is 39.0 Å². The summed E-state index contributed by atoms with van der Waals surface area (Å²) in [6, 6.07) is 14.9. The van der Waals surface area contributed by atoms with E-state index in [0.29, 0.717) is 19.6 Å². The van der Waals surface area contributed by atoms with Crippen molar-refractivity contribution < 1.29 is 14.3 Å². The molecule has 0 fully saturated rings. The highest BCUT2D eigenvalue weighted by molar-refractivity contribution is 5.94. The van der Waals surface area contributed by atoms with Gasteiger partial charge in [-0.05, 0) is 41.8 Å². The van der Waals surface area contributed by atoms with Gasteiger partial charge in [-0.3, -0.25) is 4.79 Å². The highest BCUT2D eigenvalue weighted by atomic mass is 35.5. The minimum atomic E-state index is -0.472. The molecule has 2 aromatic carbocycles. The number of hydrogen-bond donors (Lipinski definition) is 2. The van der Waals surface area contributed by atoms with E-state index in [1.54, 1.807) is 7.11 Å². The van der Waals surface area contributed by atoms with Crippen molar-refractivity contribution in [3.63, 3.8) is 0 Å². The van der Waals surface area contributed by atoms with E-state index in [2.05, 4.69) is 5.32 Å². The predicted octanol–water partition coefficient (Wildman–Crippen LogP) is 3.90. The Morgan fingerprint density at radius 2 is 1.81 bits per heavy atom. The minimum Gasteiger partial charge on any atom is -0.497 e. The summed E-state index contributed by atoms with van der Waals surface area (Å²) in [5.74, 6) is 0.673. The van der Waals surface area contributed by atoms with E-state index in [0.717, 1.165) is 29.0 Å². The van der Waals surface area contributed by atoms with Crippen LogP contribution in [-0.4, -0.2) is 19.1 Å². The standard InChI is InChI=1S/C20H26N2O3.ClH/c1-3-5-19(21)20(23)22-17-7-4-6-16(12-17)14-25-13-15-8-10-18(24-2)11-9-15;/h4,6-12,19H,3,5,13-14,21H2,1-2H3,(H,22,23);1H. The Bertz CT molecular complexity index is 677.